The maximum Gasteiger partial charge on any atom is 0.309 e. The van der Waals surface area contributed by atoms with E-state index in [9.17, 15) is 14.0 Å². The standard InChI is InChI=1S/C25H27FN4O3S/c1-2-3-13-30(23(31)20-6-4-5-7-21(20)26)25-28-27-22(34-25)18-10-8-17(9-11-18)12-14-29-15-19(16-29)24(32)33/h4-11,19H,2-3,12-16H2,1H3,(H,32,33). The van der Waals surface area contributed by atoms with Gasteiger partial charge in [-0.05, 0) is 30.5 Å². The minimum atomic E-state index is -0.721. The number of anilines is 1. The highest BCUT2D eigenvalue weighted by Gasteiger charge is 2.31. The molecular weight excluding hydrogens is 455 g/mol. The first-order chi connectivity index (χ1) is 16.5. The highest BCUT2D eigenvalue weighted by molar-refractivity contribution is 7.18. The van der Waals surface area contributed by atoms with Crippen LogP contribution in [0.3, 0.4) is 0 Å². The van der Waals surface area contributed by atoms with E-state index in [1.54, 1.807) is 12.1 Å². The lowest BCUT2D eigenvalue weighted by Gasteiger charge is -2.36. The lowest BCUT2D eigenvalue weighted by atomic mass is 9.99. The van der Waals surface area contributed by atoms with Crippen molar-refractivity contribution in [2.24, 2.45) is 5.92 Å². The van der Waals surface area contributed by atoms with E-state index in [0.29, 0.717) is 29.8 Å². The van der Waals surface area contributed by atoms with Gasteiger partial charge in [0.15, 0.2) is 0 Å². The Morgan fingerprint density at radius 2 is 1.88 bits per heavy atom. The van der Waals surface area contributed by atoms with Gasteiger partial charge in [-0.25, -0.2) is 4.39 Å². The zero-order valence-electron chi connectivity index (χ0n) is 19.0. The van der Waals surface area contributed by atoms with Crippen LogP contribution in [-0.2, 0) is 11.2 Å². The molecule has 9 heteroatoms. The molecule has 0 unspecified atom stereocenters. The van der Waals surface area contributed by atoms with Gasteiger partial charge in [-0.3, -0.25) is 14.5 Å². The Bertz CT molecular complexity index is 1150. The summed E-state index contributed by atoms with van der Waals surface area (Å²) in [6.45, 7) is 4.53. The number of likely N-dealkylation sites (tertiary alicyclic amines) is 1. The van der Waals surface area contributed by atoms with Crippen molar-refractivity contribution in [2.75, 3.05) is 31.1 Å². The summed E-state index contributed by atoms with van der Waals surface area (Å²) in [5, 5.41) is 18.6. The molecule has 0 spiro atoms. The molecule has 0 radical (unpaired) electrons. The van der Waals surface area contributed by atoms with Crippen LogP contribution in [0.5, 0.6) is 0 Å². The SMILES string of the molecule is CCCCN(C(=O)c1ccccc1F)c1nnc(-c2ccc(CCN3CC(C(=O)O)C3)cc2)s1. The molecule has 178 valence electrons. The fourth-order valence-electron chi connectivity index (χ4n) is 3.83. The number of halogens is 1. The summed E-state index contributed by atoms with van der Waals surface area (Å²) < 4.78 is 14.2. The number of carboxylic acid groups (broad SMARTS) is 1. The highest BCUT2D eigenvalue weighted by atomic mass is 32.1. The van der Waals surface area contributed by atoms with Crippen molar-refractivity contribution in [1.82, 2.24) is 15.1 Å². The van der Waals surface area contributed by atoms with Crippen LogP contribution in [0.4, 0.5) is 9.52 Å². The predicted molar refractivity (Wildman–Crippen MR) is 130 cm³/mol. The van der Waals surface area contributed by atoms with E-state index in [4.69, 9.17) is 5.11 Å². The molecule has 2 aromatic carbocycles. The number of rotatable bonds is 10. The maximum atomic E-state index is 14.2. The predicted octanol–water partition coefficient (Wildman–Crippen LogP) is 4.35. The van der Waals surface area contributed by atoms with Gasteiger partial charge in [0.05, 0.1) is 11.5 Å². The summed E-state index contributed by atoms with van der Waals surface area (Å²) in [4.78, 5) is 27.6. The second-order valence-corrected chi connectivity index (χ2v) is 9.38. The van der Waals surface area contributed by atoms with Crippen molar-refractivity contribution < 1.29 is 19.1 Å². The molecule has 1 fully saturated rings. The quantitative estimate of drug-likeness (QED) is 0.462. The number of carbonyl (C=O) groups excluding carboxylic acids is 1. The Morgan fingerprint density at radius 1 is 1.15 bits per heavy atom. The molecule has 4 rings (SSSR count). The number of amides is 1. The molecule has 1 N–H and O–H groups in total. The van der Waals surface area contributed by atoms with Crippen molar-refractivity contribution >= 4 is 28.3 Å². The van der Waals surface area contributed by atoms with Crippen LogP contribution in [-0.4, -0.2) is 58.3 Å². The third-order valence-corrected chi connectivity index (χ3v) is 6.95. The summed E-state index contributed by atoms with van der Waals surface area (Å²) in [6, 6.07) is 14.0. The Labute approximate surface area is 201 Å². The molecule has 0 bridgehead atoms. The van der Waals surface area contributed by atoms with Crippen LogP contribution in [0.1, 0.15) is 35.7 Å². The van der Waals surface area contributed by atoms with E-state index < -0.39 is 17.7 Å². The van der Waals surface area contributed by atoms with Crippen molar-refractivity contribution in [3.8, 4) is 10.6 Å². The van der Waals surface area contributed by atoms with Gasteiger partial charge in [0, 0.05) is 31.7 Å². The maximum absolute atomic E-state index is 14.2. The van der Waals surface area contributed by atoms with Gasteiger partial charge in [-0.15, -0.1) is 10.2 Å². The average Bonchev–Trinajstić information content (AvgIpc) is 3.28. The van der Waals surface area contributed by atoms with Crippen molar-refractivity contribution in [3.63, 3.8) is 0 Å². The van der Waals surface area contributed by atoms with E-state index in [2.05, 4.69) is 15.1 Å². The smallest absolute Gasteiger partial charge is 0.309 e. The molecule has 0 saturated carbocycles. The zero-order valence-corrected chi connectivity index (χ0v) is 19.8. The number of carbonyl (C=O) groups is 2. The Kier molecular flexibility index (Phi) is 7.64. The van der Waals surface area contributed by atoms with Crippen molar-refractivity contribution in [3.05, 3.63) is 65.5 Å². The van der Waals surface area contributed by atoms with E-state index in [0.717, 1.165) is 36.9 Å². The summed E-state index contributed by atoms with van der Waals surface area (Å²) in [6.07, 6.45) is 2.51. The van der Waals surface area contributed by atoms with Crippen LogP contribution in [0, 0.1) is 11.7 Å². The molecule has 1 aromatic heterocycles. The molecule has 3 aromatic rings. The molecule has 2 heterocycles. The van der Waals surface area contributed by atoms with Crippen molar-refractivity contribution in [2.45, 2.75) is 26.2 Å². The van der Waals surface area contributed by atoms with Gasteiger partial charge in [0.25, 0.3) is 5.91 Å². The van der Waals surface area contributed by atoms with Crippen LogP contribution >= 0.6 is 11.3 Å². The Hall–Kier alpha value is -3.17. The lowest BCUT2D eigenvalue weighted by molar-refractivity contribution is -0.147. The molecule has 1 aliphatic heterocycles. The minimum Gasteiger partial charge on any atom is -0.481 e. The van der Waals surface area contributed by atoms with Crippen LogP contribution in [0.2, 0.25) is 0 Å². The number of hydrogen-bond donors (Lipinski definition) is 1. The van der Waals surface area contributed by atoms with Crippen LogP contribution < -0.4 is 4.90 Å². The number of unbranched alkanes of at least 4 members (excludes halogenated alkanes) is 1. The number of nitrogens with zero attached hydrogens (tertiary/aromatic N) is 4. The number of carboxylic acids is 1. The second-order valence-electron chi connectivity index (χ2n) is 8.42. The number of aromatic nitrogens is 2. The minimum absolute atomic E-state index is 0.0246. The fourth-order valence-corrected chi connectivity index (χ4v) is 4.71. The van der Waals surface area contributed by atoms with E-state index in [1.807, 2.05) is 31.2 Å². The topological polar surface area (TPSA) is 86.6 Å². The number of aliphatic carboxylic acids is 1. The molecule has 1 aliphatic rings. The molecule has 7 nitrogen and oxygen atoms in total. The second kappa shape index (κ2) is 10.8. The molecule has 1 amide bonds. The van der Waals surface area contributed by atoms with E-state index in [1.165, 1.54) is 28.4 Å². The first kappa shape index (κ1) is 24.0. The number of benzene rings is 2. The molecule has 0 aliphatic carbocycles. The monoisotopic (exact) mass is 482 g/mol. The Balaban J connectivity index is 1.43. The van der Waals surface area contributed by atoms with Gasteiger partial charge in [-0.1, -0.05) is 61.1 Å². The average molecular weight is 483 g/mol. The van der Waals surface area contributed by atoms with E-state index >= 15 is 0 Å². The lowest BCUT2D eigenvalue weighted by Crippen LogP contribution is -2.50. The molecule has 0 atom stereocenters. The van der Waals surface area contributed by atoms with Crippen LogP contribution in [0.15, 0.2) is 48.5 Å². The summed E-state index contributed by atoms with van der Waals surface area (Å²) in [5.41, 5.74) is 2.08. The summed E-state index contributed by atoms with van der Waals surface area (Å²) in [7, 11) is 0. The van der Waals surface area contributed by atoms with Gasteiger partial charge in [0.1, 0.15) is 10.8 Å². The van der Waals surface area contributed by atoms with Crippen LogP contribution in [0.25, 0.3) is 10.6 Å². The highest BCUT2D eigenvalue weighted by Crippen LogP contribution is 2.30. The Morgan fingerprint density at radius 3 is 2.56 bits per heavy atom. The third kappa shape index (κ3) is 5.48. The van der Waals surface area contributed by atoms with Gasteiger partial charge < -0.3 is 10.0 Å². The first-order valence-corrected chi connectivity index (χ1v) is 12.2. The van der Waals surface area contributed by atoms with Gasteiger partial charge in [-0.2, -0.15) is 0 Å². The fraction of sp³-hybridized carbons (Fsp3) is 0.360. The van der Waals surface area contributed by atoms with Crippen molar-refractivity contribution in [1.29, 1.82) is 0 Å². The normalized spacial score (nSPS) is 14.1. The molecule has 34 heavy (non-hydrogen) atoms. The van der Waals surface area contributed by atoms with Gasteiger partial charge in [0.2, 0.25) is 5.13 Å². The molecular formula is C25H27FN4O3S. The number of hydrogen-bond acceptors (Lipinski definition) is 6. The molecule has 1 saturated heterocycles. The van der Waals surface area contributed by atoms with Gasteiger partial charge >= 0.3 is 5.97 Å². The largest absolute Gasteiger partial charge is 0.481 e. The summed E-state index contributed by atoms with van der Waals surface area (Å²) in [5.74, 6) is -1.93. The summed E-state index contributed by atoms with van der Waals surface area (Å²) >= 11 is 1.31. The van der Waals surface area contributed by atoms with E-state index in [-0.39, 0.29) is 11.5 Å². The zero-order chi connectivity index (χ0) is 24.1. The third-order valence-electron chi connectivity index (χ3n) is 5.95. The first-order valence-electron chi connectivity index (χ1n) is 11.4.